The van der Waals surface area contributed by atoms with E-state index in [4.69, 9.17) is 0 Å². The average molecular weight is 422 g/mol. The molecular formula is C30H31NO. The minimum Gasteiger partial charge on any atom is -0.294 e. The van der Waals surface area contributed by atoms with Crippen molar-refractivity contribution in [3.63, 3.8) is 0 Å². The van der Waals surface area contributed by atoms with Gasteiger partial charge in [0, 0.05) is 24.1 Å². The third-order valence-corrected chi connectivity index (χ3v) is 6.32. The Morgan fingerprint density at radius 2 is 1.69 bits per heavy atom. The number of rotatable bonds is 7. The van der Waals surface area contributed by atoms with Crippen molar-refractivity contribution in [2.45, 2.75) is 51.9 Å². The van der Waals surface area contributed by atoms with Crippen molar-refractivity contribution in [3.8, 4) is 11.1 Å². The molecule has 2 aromatic carbocycles. The highest BCUT2D eigenvalue weighted by Gasteiger charge is 2.18. The van der Waals surface area contributed by atoms with Gasteiger partial charge in [0.15, 0.2) is 5.78 Å². The minimum absolute atomic E-state index is 0.238. The number of fused-ring (bicyclic) bond motifs is 1. The summed E-state index contributed by atoms with van der Waals surface area (Å²) in [7, 11) is 0. The summed E-state index contributed by atoms with van der Waals surface area (Å²) >= 11 is 0. The molecular weight excluding hydrogens is 390 g/mol. The molecule has 0 radical (unpaired) electrons. The highest BCUT2D eigenvalue weighted by atomic mass is 16.1. The molecule has 1 heterocycles. The number of pyridine rings is 1. The Kier molecular flexibility index (Phi) is 7.11. The Labute approximate surface area is 191 Å². The number of carbonyl (C=O) groups excluding carboxylic acids is 1. The zero-order valence-electron chi connectivity index (χ0n) is 19.1. The van der Waals surface area contributed by atoms with E-state index in [1.807, 2.05) is 18.3 Å². The fourth-order valence-corrected chi connectivity index (χ4v) is 4.35. The van der Waals surface area contributed by atoms with Gasteiger partial charge in [-0.25, -0.2) is 0 Å². The molecule has 0 aliphatic heterocycles. The molecule has 0 N–H and O–H groups in total. The molecule has 162 valence electrons. The third-order valence-electron chi connectivity index (χ3n) is 6.32. The number of ketones is 1. The largest absolute Gasteiger partial charge is 0.294 e. The number of aryl methyl sites for hydroxylation is 1. The number of allylic oxidation sites excluding steroid dienone is 3. The molecule has 0 saturated heterocycles. The first kappa shape index (κ1) is 22.0. The summed E-state index contributed by atoms with van der Waals surface area (Å²) in [5.41, 5.74) is 7.91. The first-order valence-corrected chi connectivity index (χ1v) is 11.6. The fourth-order valence-electron chi connectivity index (χ4n) is 4.35. The van der Waals surface area contributed by atoms with Crippen LogP contribution in [0.3, 0.4) is 0 Å². The maximum Gasteiger partial charge on any atom is 0.163 e. The van der Waals surface area contributed by atoms with E-state index in [0.717, 1.165) is 48.1 Å². The van der Waals surface area contributed by atoms with Crippen molar-refractivity contribution in [1.29, 1.82) is 0 Å². The van der Waals surface area contributed by atoms with Crippen LogP contribution in [-0.4, -0.2) is 10.8 Å². The Morgan fingerprint density at radius 3 is 2.47 bits per heavy atom. The summed E-state index contributed by atoms with van der Waals surface area (Å²) < 4.78 is 0. The van der Waals surface area contributed by atoms with Gasteiger partial charge in [0.2, 0.25) is 0 Å². The van der Waals surface area contributed by atoms with Gasteiger partial charge in [-0.05, 0) is 72.6 Å². The molecule has 4 rings (SSSR count). The van der Waals surface area contributed by atoms with E-state index >= 15 is 0 Å². The van der Waals surface area contributed by atoms with Gasteiger partial charge in [0.05, 0.1) is 5.69 Å². The molecule has 0 fully saturated rings. The molecule has 1 aliphatic rings. The lowest BCUT2D eigenvalue weighted by Crippen LogP contribution is -2.08. The van der Waals surface area contributed by atoms with E-state index in [1.54, 1.807) is 0 Å². The molecule has 1 aliphatic carbocycles. The van der Waals surface area contributed by atoms with Crippen LogP contribution in [0.15, 0.2) is 90.1 Å². The Morgan fingerprint density at radius 1 is 0.938 bits per heavy atom. The number of benzene rings is 2. The molecule has 32 heavy (non-hydrogen) atoms. The van der Waals surface area contributed by atoms with E-state index in [0.29, 0.717) is 12.3 Å². The Hall–Kier alpha value is -3.26. The van der Waals surface area contributed by atoms with Crippen LogP contribution in [0.4, 0.5) is 0 Å². The van der Waals surface area contributed by atoms with Gasteiger partial charge in [0.25, 0.3) is 0 Å². The number of hydrogen-bond acceptors (Lipinski definition) is 2. The molecule has 0 spiro atoms. The van der Waals surface area contributed by atoms with E-state index in [9.17, 15) is 4.79 Å². The van der Waals surface area contributed by atoms with Crippen LogP contribution in [-0.2, 0) is 11.2 Å². The van der Waals surface area contributed by atoms with Gasteiger partial charge in [0.1, 0.15) is 0 Å². The molecule has 1 atom stereocenters. The van der Waals surface area contributed by atoms with E-state index < -0.39 is 0 Å². The van der Waals surface area contributed by atoms with Gasteiger partial charge in [-0.2, -0.15) is 0 Å². The maximum absolute atomic E-state index is 13.0. The minimum atomic E-state index is 0.238. The smallest absolute Gasteiger partial charge is 0.163 e. The van der Waals surface area contributed by atoms with Crippen molar-refractivity contribution in [2.75, 3.05) is 0 Å². The third kappa shape index (κ3) is 5.31. The molecule has 1 unspecified atom stereocenters. The van der Waals surface area contributed by atoms with Crippen LogP contribution >= 0.6 is 0 Å². The van der Waals surface area contributed by atoms with Gasteiger partial charge in [-0.3, -0.25) is 9.78 Å². The summed E-state index contributed by atoms with van der Waals surface area (Å²) in [4.78, 5) is 17.6. The van der Waals surface area contributed by atoms with Crippen LogP contribution in [0.2, 0.25) is 0 Å². The highest BCUT2D eigenvalue weighted by molar-refractivity contribution is 6.03. The van der Waals surface area contributed by atoms with Gasteiger partial charge < -0.3 is 0 Å². The topological polar surface area (TPSA) is 30.0 Å². The summed E-state index contributed by atoms with van der Waals surface area (Å²) in [6.45, 7) is 4.26. The summed E-state index contributed by atoms with van der Waals surface area (Å²) in [5.74, 6) is 0.602. The highest BCUT2D eigenvalue weighted by Crippen LogP contribution is 2.29. The predicted octanol–water partition coefficient (Wildman–Crippen LogP) is 7.57. The zero-order valence-corrected chi connectivity index (χ0v) is 19.1. The average Bonchev–Trinajstić information content (AvgIpc) is 2.83. The lowest BCUT2D eigenvalue weighted by Gasteiger charge is -2.17. The quantitative estimate of drug-likeness (QED) is 0.368. The number of hydrogen-bond donors (Lipinski definition) is 0. The monoisotopic (exact) mass is 421 g/mol. The predicted molar refractivity (Wildman–Crippen MR) is 133 cm³/mol. The second kappa shape index (κ2) is 10.4. The Bertz CT molecular complexity index is 1120. The molecule has 0 bridgehead atoms. The lowest BCUT2D eigenvalue weighted by atomic mass is 9.88. The van der Waals surface area contributed by atoms with Crippen LogP contribution in [0.5, 0.6) is 0 Å². The fraction of sp³-hybridized carbons (Fsp3) is 0.267. The van der Waals surface area contributed by atoms with Crippen LogP contribution in [0, 0.1) is 0 Å². The maximum atomic E-state index is 13.0. The molecule has 2 nitrogen and oxygen atoms in total. The number of carbonyl (C=O) groups is 1. The lowest BCUT2D eigenvalue weighted by molar-refractivity contribution is -0.115. The van der Waals surface area contributed by atoms with Gasteiger partial charge in [-0.1, -0.05) is 73.7 Å². The number of nitrogens with zero attached hydrogens (tertiary/aromatic N) is 1. The molecule has 0 saturated carbocycles. The van der Waals surface area contributed by atoms with Gasteiger partial charge >= 0.3 is 0 Å². The molecule has 2 heteroatoms. The number of unbranched alkanes of at least 4 members (excludes halogenated alkanes) is 1. The first-order chi connectivity index (χ1) is 15.6. The van der Waals surface area contributed by atoms with Gasteiger partial charge in [-0.15, -0.1) is 0 Å². The van der Waals surface area contributed by atoms with E-state index in [1.165, 1.54) is 16.7 Å². The normalized spacial score (nSPS) is 19.0. The zero-order chi connectivity index (χ0) is 22.3. The second-order valence-electron chi connectivity index (χ2n) is 8.75. The molecule has 1 aromatic heterocycles. The van der Waals surface area contributed by atoms with Crippen molar-refractivity contribution in [2.24, 2.45) is 0 Å². The van der Waals surface area contributed by atoms with Crippen molar-refractivity contribution in [3.05, 3.63) is 107 Å². The molecule has 0 amide bonds. The second-order valence-corrected chi connectivity index (χ2v) is 8.75. The SMILES string of the molecule is CC1=C\CC(C)c2ncccc2/C=C\1C(=O)CCCCc1ccc(-c2ccccc2)cc1. The Balaban J connectivity index is 1.35. The number of aromatic nitrogens is 1. The standard InChI is InChI=1S/C30H31NO/c1-22-14-15-23(2)30-27(12-8-20-31-30)21-28(22)29(32)13-7-6-9-24-16-18-26(19-17-24)25-10-4-3-5-11-25/h3-5,8,10-12,14,16-21,23H,6-7,9,13,15H2,1-2H3/b22-14+,28-21+. The number of Topliss-reactive ketones (excluding diaryl/α,β-unsaturated/α-hetero) is 1. The van der Waals surface area contributed by atoms with Crippen LogP contribution in [0.1, 0.15) is 62.3 Å². The summed E-state index contributed by atoms with van der Waals surface area (Å²) in [6, 6.07) is 23.3. The van der Waals surface area contributed by atoms with E-state index in [-0.39, 0.29) is 5.78 Å². The van der Waals surface area contributed by atoms with Crippen molar-refractivity contribution >= 4 is 11.9 Å². The first-order valence-electron chi connectivity index (χ1n) is 11.6. The summed E-state index contributed by atoms with van der Waals surface area (Å²) in [5, 5.41) is 0. The van der Waals surface area contributed by atoms with Crippen molar-refractivity contribution in [1.82, 2.24) is 4.98 Å². The molecule has 3 aromatic rings. The van der Waals surface area contributed by atoms with E-state index in [2.05, 4.69) is 85.6 Å². The summed E-state index contributed by atoms with van der Waals surface area (Å²) in [6.07, 6.45) is 10.5. The van der Waals surface area contributed by atoms with Crippen LogP contribution < -0.4 is 0 Å². The van der Waals surface area contributed by atoms with Crippen LogP contribution in [0.25, 0.3) is 17.2 Å². The van der Waals surface area contributed by atoms with Crippen molar-refractivity contribution < 1.29 is 4.79 Å².